The Labute approximate surface area is 175 Å². The standard InChI is InChI=1S/C22H29NO5S/c1-11(2)28-22(27)18-14-5-3-4-6-15(14)29-20(18)23-19(24)16-12-7-9-13(10-8-12)17(16)21(25)26/h11-13,16-17H,3-10H2,1-2H3,(H,23,24)(H,25,26)/t12?,13?,16-,17+/m1/s1. The molecule has 0 aromatic carbocycles. The van der Waals surface area contributed by atoms with Crippen LogP contribution < -0.4 is 5.32 Å². The fourth-order valence-electron chi connectivity index (χ4n) is 5.52. The zero-order valence-corrected chi connectivity index (χ0v) is 17.8. The first kappa shape index (κ1) is 20.4. The van der Waals surface area contributed by atoms with Crippen molar-refractivity contribution in [3.8, 4) is 0 Å². The van der Waals surface area contributed by atoms with Gasteiger partial charge in [0.2, 0.25) is 5.91 Å². The Morgan fingerprint density at radius 3 is 2.28 bits per heavy atom. The maximum absolute atomic E-state index is 13.3. The third-order valence-electron chi connectivity index (χ3n) is 6.76. The molecule has 2 atom stereocenters. The maximum atomic E-state index is 13.3. The molecule has 7 heteroatoms. The minimum atomic E-state index is -0.871. The fourth-order valence-corrected chi connectivity index (χ4v) is 6.80. The number of thiophene rings is 1. The first-order chi connectivity index (χ1) is 13.9. The molecule has 158 valence electrons. The second-order valence-electron chi connectivity index (χ2n) is 8.92. The monoisotopic (exact) mass is 419 g/mol. The molecular weight excluding hydrogens is 390 g/mol. The van der Waals surface area contributed by atoms with Gasteiger partial charge in [-0.1, -0.05) is 0 Å². The van der Waals surface area contributed by atoms with E-state index in [1.807, 2.05) is 13.8 Å². The van der Waals surface area contributed by atoms with Crippen molar-refractivity contribution in [1.82, 2.24) is 0 Å². The number of anilines is 1. The number of carbonyl (C=O) groups excluding carboxylic acids is 2. The lowest BCUT2D eigenvalue weighted by Gasteiger charge is -2.45. The summed E-state index contributed by atoms with van der Waals surface area (Å²) in [5.74, 6) is -2.46. The smallest absolute Gasteiger partial charge is 0.341 e. The molecule has 1 aromatic heterocycles. The number of aliphatic carboxylic acids is 1. The van der Waals surface area contributed by atoms with Crippen molar-refractivity contribution < 1.29 is 24.2 Å². The number of fused-ring (bicyclic) bond motifs is 4. The van der Waals surface area contributed by atoms with Gasteiger partial charge < -0.3 is 15.2 Å². The number of rotatable bonds is 5. The molecule has 1 amide bonds. The highest BCUT2D eigenvalue weighted by Gasteiger charge is 2.50. The summed E-state index contributed by atoms with van der Waals surface area (Å²) < 4.78 is 5.46. The summed E-state index contributed by atoms with van der Waals surface area (Å²) in [7, 11) is 0. The molecular formula is C22H29NO5S. The van der Waals surface area contributed by atoms with E-state index >= 15 is 0 Å². The fraction of sp³-hybridized carbons (Fsp3) is 0.682. The predicted molar refractivity (Wildman–Crippen MR) is 110 cm³/mol. The zero-order chi connectivity index (χ0) is 20.7. The minimum absolute atomic E-state index is 0.0789. The Hall–Kier alpha value is -1.89. The summed E-state index contributed by atoms with van der Waals surface area (Å²) in [5.41, 5.74) is 1.49. The number of carboxylic acids is 1. The van der Waals surface area contributed by atoms with Crippen LogP contribution >= 0.6 is 11.3 Å². The van der Waals surface area contributed by atoms with Gasteiger partial charge in [0.15, 0.2) is 0 Å². The Bertz CT molecular complexity index is 821. The number of esters is 1. The molecule has 0 unspecified atom stereocenters. The number of hydrogen-bond acceptors (Lipinski definition) is 5. The Balaban J connectivity index is 1.63. The number of aryl methyl sites for hydroxylation is 1. The molecule has 2 bridgehead atoms. The Morgan fingerprint density at radius 2 is 1.66 bits per heavy atom. The van der Waals surface area contributed by atoms with Crippen LogP contribution in [0.15, 0.2) is 0 Å². The van der Waals surface area contributed by atoms with Gasteiger partial charge in [0.05, 0.1) is 23.5 Å². The number of carbonyl (C=O) groups is 3. The normalized spacial score (nSPS) is 28.1. The highest BCUT2D eigenvalue weighted by molar-refractivity contribution is 7.17. The van der Waals surface area contributed by atoms with E-state index in [4.69, 9.17) is 4.74 Å². The molecule has 5 rings (SSSR count). The molecule has 0 aliphatic heterocycles. The molecule has 0 spiro atoms. The average molecular weight is 420 g/mol. The van der Waals surface area contributed by atoms with Gasteiger partial charge in [0.25, 0.3) is 0 Å². The van der Waals surface area contributed by atoms with Gasteiger partial charge in [-0.2, -0.15) is 0 Å². The number of amides is 1. The first-order valence-electron chi connectivity index (χ1n) is 10.8. The van der Waals surface area contributed by atoms with Crippen molar-refractivity contribution in [1.29, 1.82) is 0 Å². The molecule has 3 fully saturated rings. The summed E-state index contributed by atoms with van der Waals surface area (Å²) in [5, 5.41) is 13.3. The van der Waals surface area contributed by atoms with Gasteiger partial charge in [-0.05, 0) is 82.6 Å². The number of hydrogen-bond donors (Lipinski definition) is 2. The zero-order valence-electron chi connectivity index (χ0n) is 17.0. The summed E-state index contributed by atoms with van der Waals surface area (Å²) in [6.45, 7) is 3.62. The second kappa shape index (κ2) is 8.09. The van der Waals surface area contributed by atoms with Crippen LogP contribution in [0.25, 0.3) is 0 Å². The molecule has 1 heterocycles. The number of ether oxygens (including phenoxy) is 1. The van der Waals surface area contributed by atoms with Crippen LogP contribution in [0.3, 0.4) is 0 Å². The summed E-state index contributed by atoms with van der Waals surface area (Å²) >= 11 is 1.46. The van der Waals surface area contributed by atoms with Crippen molar-refractivity contribution >= 4 is 34.2 Å². The molecule has 4 aliphatic carbocycles. The molecule has 0 radical (unpaired) electrons. The molecule has 6 nitrogen and oxygen atoms in total. The lowest BCUT2D eigenvalue weighted by atomic mass is 9.58. The van der Waals surface area contributed by atoms with E-state index < -0.39 is 23.8 Å². The average Bonchev–Trinajstić information content (AvgIpc) is 3.05. The van der Waals surface area contributed by atoms with E-state index in [-0.39, 0.29) is 23.8 Å². The summed E-state index contributed by atoms with van der Waals surface area (Å²) in [6.07, 6.45) is 7.19. The van der Waals surface area contributed by atoms with E-state index in [0.29, 0.717) is 10.6 Å². The molecule has 2 N–H and O–H groups in total. The Kier molecular flexibility index (Phi) is 5.69. The van der Waals surface area contributed by atoms with Crippen LogP contribution in [-0.4, -0.2) is 29.1 Å². The maximum Gasteiger partial charge on any atom is 0.341 e. The summed E-state index contributed by atoms with van der Waals surface area (Å²) in [6, 6.07) is 0. The topological polar surface area (TPSA) is 92.7 Å². The van der Waals surface area contributed by atoms with Gasteiger partial charge in [-0.15, -0.1) is 11.3 Å². The van der Waals surface area contributed by atoms with E-state index in [1.54, 1.807) is 0 Å². The van der Waals surface area contributed by atoms with E-state index in [9.17, 15) is 19.5 Å². The Morgan fingerprint density at radius 1 is 1.03 bits per heavy atom. The van der Waals surface area contributed by atoms with Crippen LogP contribution in [0.5, 0.6) is 0 Å². The third kappa shape index (κ3) is 3.81. The van der Waals surface area contributed by atoms with Gasteiger partial charge in [-0.25, -0.2) is 4.79 Å². The lowest BCUT2D eigenvalue weighted by Crippen LogP contribution is -2.49. The molecule has 1 aromatic rings. The summed E-state index contributed by atoms with van der Waals surface area (Å²) in [4.78, 5) is 39.1. The molecule has 4 aliphatic rings. The lowest BCUT2D eigenvalue weighted by molar-refractivity contribution is -0.156. The largest absolute Gasteiger partial charge is 0.481 e. The van der Waals surface area contributed by atoms with Gasteiger partial charge in [0, 0.05) is 4.88 Å². The molecule has 0 saturated heterocycles. The van der Waals surface area contributed by atoms with Crippen molar-refractivity contribution in [3.05, 3.63) is 16.0 Å². The van der Waals surface area contributed by atoms with Crippen molar-refractivity contribution in [2.24, 2.45) is 23.7 Å². The van der Waals surface area contributed by atoms with Gasteiger partial charge in [-0.3, -0.25) is 9.59 Å². The quantitative estimate of drug-likeness (QED) is 0.696. The van der Waals surface area contributed by atoms with Crippen molar-refractivity contribution in [3.63, 3.8) is 0 Å². The van der Waals surface area contributed by atoms with E-state index in [1.165, 1.54) is 11.3 Å². The van der Waals surface area contributed by atoms with Crippen molar-refractivity contribution in [2.45, 2.75) is 71.3 Å². The van der Waals surface area contributed by atoms with Crippen molar-refractivity contribution in [2.75, 3.05) is 5.32 Å². The van der Waals surface area contributed by atoms with Crippen LogP contribution in [0.4, 0.5) is 5.00 Å². The second-order valence-corrected chi connectivity index (χ2v) is 10.0. The van der Waals surface area contributed by atoms with Crippen LogP contribution in [0.2, 0.25) is 0 Å². The van der Waals surface area contributed by atoms with Gasteiger partial charge in [0.1, 0.15) is 5.00 Å². The third-order valence-corrected chi connectivity index (χ3v) is 7.97. The van der Waals surface area contributed by atoms with E-state index in [2.05, 4.69) is 5.32 Å². The highest BCUT2D eigenvalue weighted by Crippen LogP contribution is 2.50. The SMILES string of the molecule is CC(C)OC(=O)c1c(NC(=O)[C@@H]2C3CCC(CC3)[C@@H]2C(=O)O)sc2c1CCCC2. The van der Waals surface area contributed by atoms with E-state index in [0.717, 1.165) is 61.8 Å². The predicted octanol–water partition coefficient (Wildman–Crippen LogP) is 4.27. The van der Waals surface area contributed by atoms with Crippen LogP contribution in [0.1, 0.15) is 73.2 Å². The minimum Gasteiger partial charge on any atom is -0.481 e. The highest BCUT2D eigenvalue weighted by atomic mass is 32.1. The number of carboxylic acid groups (broad SMARTS) is 1. The molecule has 29 heavy (non-hydrogen) atoms. The van der Waals surface area contributed by atoms with Crippen LogP contribution in [-0.2, 0) is 27.2 Å². The van der Waals surface area contributed by atoms with Crippen LogP contribution in [0, 0.1) is 23.7 Å². The number of nitrogens with one attached hydrogen (secondary N) is 1. The van der Waals surface area contributed by atoms with Gasteiger partial charge >= 0.3 is 11.9 Å². The molecule has 3 saturated carbocycles. The first-order valence-corrected chi connectivity index (χ1v) is 11.6.